The number of aryl methyl sites for hydroxylation is 1. The molecule has 0 saturated carbocycles. The third kappa shape index (κ3) is 4.48. The van der Waals surface area contributed by atoms with Crippen LogP contribution in [0.4, 0.5) is 5.69 Å². The third-order valence-corrected chi connectivity index (χ3v) is 6.45. The van der Waals surface area contributed by atoms with Gasteiger partial charge in [0.2, 0.25) is 0 Å². The van der Waals surface area contributed by atoms with E-state index in [9.17, 15) is 13.2 Å². The summed E-state index contributed by atoms with van der Waals surface area (Å²) in [6, 6.07) is 13.3. The van der Waals surface area contributed by atoms with Gasteiger partial charge in [0.1, 0.15) is 0 Å². The Bertz CT molecular complexity index is 904. The van der Waals surface area contributed by atoms with Gasteiger partial charge in [0, 0.05) is 25.8 Å². The molecule has 0 aliphatic carbocycles. The molecule has 7 heteroatoms. The average molecular weight is 388 g/mol. The van der Waals surface area contributed by atoms with Crippen LogP contribution < -0.4 is 9.62 Å². The highest BCUT2D eigenvalue weighted by molar-refractivity contribution is 7.92. The molecular weight excluding hydrogens is 364 g/mol. The number of carbonyl (C=O) groups is 1. The lowest BCUT2D eigenvalue weighted by molar-refractivity contribution is 0.0857. The summed E-state index contributed by atoms with van der Waals surface area (Å²) in [4.78, 5) is 12.5. The van der Waals surface area contributed by atoms with Gasteiger partial charge in [0.25, 0.3) is 15.9 Å². The van der Waals surface area contributed by atoms with E-state index < -0.39 is 10.0 Å². The second-order valence-corrected chi connectivity index (χ2v) is 8.65. The van der Waals surface area contributed by atoms with Gasteiger partial charge in [0.15, 0.2) is 0 Å². The molecule has 6 nitrogen and oxygen atoms in total. The van der Waals surface area contributed by atoms with E-state index in [1.165, 1.54) is 23.5 Å². The lowest BCUT2D eigenvalue weighted by Crippen LogP contribution is -2.32. The SMILES string of the molecule is Cc1ccc(N(C)S(=O)(=O)c2cccc(C(=O)NC[C@H]3CCCO3)c2)cc1. The molecule has 1 fully saturated rings. The summed E-state index contributed by atoms with van der Waals surface area (Å²) in [5.74, 6) is -0.305. The summed E-state index contributed by atoms with van der Waals surface area (Å²) in [6.45, 7) is 3.09. The number of benzene rings is 2. The summed E-state index contributed by atoms with van der Waals surface area (Å²) in [6.07, 6.45) is 1.96. The Morgan fingerprint density at radius 3 is 2.63 bits per heavy atom. The molecule has 144 valence electrons. The van der Waals surface area contributed by atoms with E-state index in [4.69, 9.17) is 4.74 Å². The number of carbonyl (C=O) groups excluding carboxylic acids is 1. The van der Waals surface area contributed by atoms with Gasteiger partial charge in [-0.3, -0.25) is 9.10 Å². The number of hydrogen-bond acceptors (Lipinski definition) is 4. The van der Waals surface area contributed by atoms with Gasteiger partial charge in [-0.1, -0.05) is 23.8 Å². The molecule has 1 heterocycles. The number of ether oxygens (including phenoxy) is 1. The van der Waals surface area contributed by atoms with Crippen LogP contribution >= 0.6 is 0 Å². The van der Waals surface area contributed by atoms with Crippen molar-refractivity contribution in [3.8, 4) is 0 Å². The van der Waals surface area contributed by atoms with Crippen LogP contribution in [-0.4, -0.2) is 40.6 Å². The van der Waals surface area contributed by atoms with E-state index in [1.807, 2.05) is 19.1 Å². The minimum atomic E-state index is -3.76. The number of nitrogens with zero attached hydrogens (tertiary/aromatic N) is 1. The molecule has 1 N–H and O–H groups in total. The number of rotatable bonds is 6. The van der Waals surface area contributed by atoms with Gasteiger partial charge >= 0.3 is 0 Å². The summed E-state index contributed by atoms with van der Waals surface area (Å²) >= 11 is 0. The summed E-state index contributed by atoms with van der Waals surface area (Å²) in [5, 5.41) is 2.81. The zero-order valence-corrected chi connectivity index (χ0v) is 16.3. The Hall–Kier alpha value is -2.38. The number of hydrogen-bond donors (Lipinski definition) is 1. The van der Waals surface area contributed by atoms with Crippen LogP contribution in [0.1, 0.15) is 28.8 Å². The van der Waals surface area contributed by atoms with Gasteiger partial charge < -0.3 is 10.1 Å². The van der Waals surface area contributed by atoms with Crippen molar-refractivity contribution >= 4 is 21.6 Å². The van der Waals surface area contributed by atoms with Crippen molar-refractivity contribution < 1.29 is 17.9 Å². The van der Waals surface area contributed by atoms with Gasteiger partial charge in [-0.2, -0.15) is 0 Å². The predicted octanol–water partition coefficient (Wildman–Crippen LogP) is 2.73. The molecule has 2 aromatic rings. The highest BCUT2D eigenvalue weighted by atomic mass is 32.2. The number of sulfonamides is 1. The summed E-state index contributed by atoms with van der Waals surface area (Å²) in [7, 11) is -2.26. The molecule has 0 unspecified atom stereocenters. The van der Waals surface area contributed by atoms with Crippen LogP contribution in [0.2, 0.25) is 0 Å². The smallest absolute Gasteiger partial charge is 0.264 e. The fourth-order valence-corrected chi connectivity index (χ4v) is 4.21. The van der Waals surface area contributed by atoms with Crippen LogP contribution in [0.25, 0.3) is 0 Å². The van der Waals surface area contributed by atoms with Gasteiger partial charge in [-0.25, -0.2) is 8.42 Å². The fourth-order valence-electron chi connectivity index (χ4n) is 2.96. The molecule has 0 radical (unpaired) electrons. The van der Waals surface area contributed by atoms with E-state index in [0.29, 0.717) is 17.8 Å². The largest absolute Gasteiger partial charge is 0.376 e. The Labute approximate surface area is 160 Å². The summed E-state index contributed by atoms with van der Waals surface area (Å²) in [5.41, 5.74) is 1.93. The standard InChI is InChI=1S/C20H24N2O4S/c1-15-8-10-17(11-9-15)22(2)27(24,25)19-7-3-5-16(13-19)20(23)21-14-18-6-4-12-26-18/h3,5,7-11,13,18H,4,6,12,14H2,1-2H3,(H,21,23)/t18-/m1/s1. The Morgan fingerprint density at radius 2 is 1.96 bits per heavy atom. The number of anilines is 1. The second-order valence-electron chi connectivity index (χ2n) is 6.68. The molecule has 0 spiro atoms. The van der Waals surface area contributed by atoms with Gasteiger partial charge in [-0.05, 0) is 50.1 Å². The zero-order chi connectivity index (χ0) is 19.4. The molecule has 0 aromatic heterocycles. The molecular formula is C20H24N2O4S. The maximum atomic E-state index is 12.9. The monoisotopic (exact) mass is 388 g/mol. The predicted molar refractivity (Wildman–Crippen MR) is 105 cm³/mol. The van der Waals surface area contributed by atoms with Crippen molar-refractivity contribution in [2.45, 2.75) is 30.8 Å². The first-order valence-corrected chi connectivity index (χ1v) is 10.4. The van der Waals surface area contributed by atoms with Gasteiger partial charge in [-0.15, -0.1) is 0 Å². The highest BCUT2D eigenvalue weighted by Gasteiger charge is 2.23. The minimum absolute atomic E-state index is 0.0357. The van der Waals surface area contributed by atoms with E-state index >= 15 is 0 Å². The van der Waals surface area contributed by atoms with Crippen molar-refractivity contribution in [3.63, 3.8) is 0 Å². The Kier molecular flexibility index (Phi) is 5.82. The fraction of sp³-hybridized carbons (Fsp3) is 0.350. The maximum Gasteiger partial charge on any atom is 0.264 e. The lowest BCUT2D eigenvalue weighted by atomic mass is 10.2. The first kappa shape index (κ1) is 19.4. The third-order valence-electron chi connectivity index (χ3n) is 4.67. The van der Waals surface area contributed by atoms with Crippen molar-refractivity contribution in [3.05, 3.63) is 59.7 Å². The van der Waals surface area contributed by atoms with Gasteiger partial charge in [0.05, 0.1) is 16.7 Å². The first-order valence-electron chi connectivity index (χ1n) is 8.93. The molecule has 1 atom stereocenters. The van der Waals surface area contributed by atoms with Crippen LogP contribution in [0.5, 0.6) is 0 Å². The number of nitrogens with one attached hydrogen (secondary N) is 1. The van der Waals surface area contributed by atoms with Crippen molar-refractivity contribution in [2.24, 2.45) is 0 Å². The summed E-state index contributed by atoms with van der Waals surface area (Å²) < 4.78 is 32.6. The van der Waals surface area contributed by atoms with Crippen LogP contribution in [-0.2, 0) is 14.8 Å². The normalized spacial score (nSPS) is 16.9. The van der Waals surface area contributed by atoms with Crippen LogP contribution in [0.3, 0.4) is 0 Å². The Morgan fingerprint density at radius 1 is 1.22 bits per heavy atom. The maximum absolute atomic E-state index is 12.9. The van der Waals surface area contributed by atoms with Crippen LogP contribution in [0, 0.1) is 6.92 Å². The van der Waals surface area contributed by atoms with Crippen molar-refractivity contribution in [2.75, 3.05) is 24.5 Å². The molecule has 1 saturated heterocycles. The van der Waals surface area contributed by atoms with E-state index in [-0.39, 0.29) is 16.9 Å². The molecule has 1 amide bonds. The molecule has 0 bridgehead atoms. The Balaban J connectivity index is 1.76. The van der Waals surface area contributed by atoms with E-state index in [1.54, 1.807) is 24.3 Å². The molecule has 1 aliphatic heterocycles. The van der Waals surface area contributed by atoms with E-state index in [2.05, 4.69) is 5.32 Å². The van der Waals surface area contributed by atoms with E-state index in [0.717, 1.165) is 25.0 Å². The second kappa shape index (κ2) is 8.10. The number of amides is 1. The average Bonchev–Trinajstić information content (AvgIpc) is 3.20. The minimum Gasteiger partial charge on any atom is -0.376 e. The molecule has 1 aliphatic rings. The highest BCUT2D eigenvalue weighted by Crippen LogP contribution is 2.23. The van der Waals surface area contributed by atoms with Crippen molar-refractivity contribution in [1.29, 1.82) is 0 Å². The molecule has 3 rings (SSSR count). The first-order chi connectivity index (χ1) is 12.9. The van der Waals surface area contributed by atoms with Crippen LogP contribution in [0.15, 0.2) is 53.4 Å². The quantitative estimate of drug-likeness (QED) is 0.826. The topological polar surface area (TPSA) is 75.7 Å². The molecule has 2 aromatic carbocycles. The molecule has 27 heavy (non-hydrogen) atoms. The lowest BCUT2D eigenvalue weighted by Gasteiger charge is -2.20. The van der Waals surface area contributed by atoms with Crippen molar-refractivity contribution in [1.82, 2.24) is 5.32 Å². The zero-order valence-electron chi connectivity index (χ0n) is 15.5.